The van der Waals surface area contributed by atoms with E-state index in [1.807, 2.05) is 0 Å². The Morgan fingerprint density at radius 2 is 2.13 bits per heavy atom. The van der Waals surface area contributed by atoms with Crippen LogP contribution >= 0.6 is 0 Å². The van der Waals surface area contributed by atoms with E-state index in [1.54, 1.807) is 37.1 Å². The number of nitrogens with two attached hydrogens (primary N) is 1. The number of primary amides is 1. The van der Waals surface area contributed by atoms with Crippen LogP contribution in [0.1, 0.15) is 12.5 Å². The summed E-state index contributed by atoms with van der Waals surface area (Å²) in [5.41, 5.74) is 5.72. The molecule has 0 unspecified atom stereocenters. The van der Waals surface area contributed by atoms with Gasteiger partial charge in [-0.2, -0.15) is 0 Å². The van der Waals surface area contributed by atoms with Crippen LogP contribution in [0.4, 0.5) is 4.39 Å². The van der Waals surface area contributed by atoms with Gasteiger partial charge in [0.1, 0.15) is 5.82 Å². The summed E-state index contributed by atoms with van der Waals surface area (Å²) < 4.78 is 13.3. The van der Waals surface area contributed by atoms with E-state index in [9.17, 15) is 9.18 Å². The summed E-state index contributed by atoms with van der Waals surface area (Å²) in [4.78, 5) is 12.6. The molecule has 3 nitrogen and oxygen atoms in total. The van der Waals surface area contributed by atoms with Crippen molar-refractivity contribution < 1.29 is 9.18 Å². The monoisotopic (exact) mass is 210 g/mol. The maximum Gasteiger partial charge on any atom is 0.234 e. The fraction of sp³-hybridized carbons (Fsp3) is 0.364. The van der Waals surface area contributed by atoms with E-state index in [2.05, 4.69) is 0 Å². The molecular formula is C11H15FN2O. The van der Waals surface area contributed by atoms with E-state index in [-0.39, 0.29) is 5.82 Å². The van der Waals surface area contributed by atoms with E-state index >= 15 is 0 Å². The quantitative estimate of drug-likeness (QED) is 0.809. The largest absolute Gasteiger partial charge is 0.368 e. The topological polar surface area (TPSA) is 46.3 Å². The highest BCUT2D eigenvalue weighted by Crippen LogP contribution is 2.10. The zero-order chi connectivity index (χ0) is 11.4. The van der Waals surface area contributed by atoms with Gasteiger partial charge in [-0.15, -0.1) is 0 Å². The van der Waals surface area contributed by atoms with Crippen LogP contribution in [0.3, 0.4) is 0 Å². The van der Waals surface area contributed by atoms with Crippen LogP contribution in [0.15, 0.2) is 24.3 Å². The number of hydrogen-bond acceptors (Lipinski definition) is 2. The molecule has 0 aliphatic heterocycles. The van der Waals surface area contributed by atoms with Crippen molar-refractivity contribution in [3.63, 3.8) is 0 Å². The molecule has 1 aromatic rings. The molecule has 0 fully saturated rings. The molecule has 0 radical (unpaired) electrons. The first-order chi connectivity index (χ1) is 7.02. The molecule has 4 heteroatoms. The number of carbonyl (C=O) groups is 1. The number of nitrogens with zero attached hydrogens (tertiary/aromatic N) is 1. The second-order valence-corrected chi connectivity index (χ2v) is 3.58. The summed E-state index contributed by atoms with van der Waals surface area (Å²) in [6.07, 6.45) is 0. The molecule has 1 amide bonds. The second-order valence-electron chi connectivity index (χ2n) is 3.58. The SMILES string of the molecule is C[C@H](C(N)=O)N(C)Cc1ccccc1F. The van der Waals surface area contributed by atoms with Gasteiger partial charge in [-0.05, 0) is 20.0 Å². The Kier molecular flexibility index (Phi) is 3.80. The van der Waals surface area contributed by atoms with Crippen LogP contribution in [0.2, 0.25) is 0 Å². The number of carbonyl (C=O) groups excluding carboxylic acids is 1. The number of benzene rings is 1. The number of amides is 1. The van der Waals surface area contributed by atoms with Crippen molar-refractivity contribution in [3.8, 4) is 0 Å². The maximum atomic E-state index is 13.3. The molecule has 0 bridgehead atoms. The molecule has 0 spiro atoms. The molecule has 1 rings (SSSR count). The third-order valence-electron chi connectivity index (χ3n) is 2.45. The van der Waals surface area contributed by atoms with Gasteiger partial charge in [0, 0.05) is 12.1 Å². The van der Waals surface area contributed by atoms with Gasteiger partial charge in [0.05, 0.1) is 6.04 Å². The van der Waals surface area contributed by atoms with Crippen molar-refractivity contribution >= 4 is 5.91 Å². The van der Waals surface area contributed by atoms with Crippen LogP contribution in [0.25, 0.3) is 0 Å². The molecule has 15 heavy (non-hydrogen) atoms. The zero-order valence-electron chi connectivity index (χ0n) is 8.90. The van der Waals surface area contributed by atoms with Crippen LogP contribution in [-0.4, -0.2) is 23.9 Å². The van der Waals surface area contributed by atoms with Crippen molar-refractivity contribution in [1.29, 1.82) is 0 Å². The third kappa shape index (κ3) is 3.02. The average molecular weight is 210 g/mol. The van der Waals surface area contributed by atoms with E-state index in [4.69, 9.17) is 5.73 Å². The Bertz CT molecular complexity index is 354. The minimum Gasteiger partial charge on any atom is -0.368 e. The van der Waals surface area contributed by atoms with Crippen molar-refractivity contribution in [2.24, 2.45) is 5.73 Å². The van der Waals surface area contributed by atoms with Gasteiger partial charge < -0.3 is 5.73 Å². The number of likely N-dealkylation sites (N-methyl/N-ethyl adjacent to an activating group) is 1. The molecule has 2 N–H and O–H groups in total. The standard InChI is InChI=1S/C11H15FN2O/c1-8(11(13)15)14(2)7-9-5-3-4-6-10(9)12/h3-6,8H,7H2,1-2H3,(H2,13,15)/t8-/m1/s1. The first-order valence-electron chi connectivity index (χ1n) is 4.75. The molecule has 0 saturated heterocycles. The van der Waals surface area contributed by atoms with Gasteiger partial charge >= 0.3 is 0 Å². The summed E-state index contributed by atoms with van der Waals surface area (Å²) >= 11 is 0. The van der Waals surface area contributed by atoms with Gasteiger partial charge in [0.25, 0.3) is 0 Å². The number of rotatable bonds is 4. The lowest BCUT2D eigenvalue weighted by molar-refractivity contribution is -0.122. The van der Waals surface area contributed by atoms with Crippen molar-refractivity contribution in [2.45, 2.75) is 19.5 Å². The summed E-state index contributed by atoms with van der Waals surface area (Å²) in [6.45, 7) is 2.07. The summed E-state index contributed by atoms with van der Waals surface area (Å²) in [5, 5.41) is 0. The van der Waals surface area contributed by atoms with Crippen molar-refractivity contribution in [3.05, 3.63) is 35.6 Å². The van der Waals surface area contributed by atoms with Gasteiger partial charge in [-0.25, -0.2) is 4.39 Å². The Hall–Kier alpha value is -1.42. The molecule has 82 valence electrons. The van der Waals surface area contributed by atoms with Gasteiger partial charge in [0.15, 0.2) is 0 Å². The Morgan fingerprint density at radius 3 is 2.67 bits per heavy atom. The first-order valence-corrected chi connectivity index (χ1v) is 4.75. The van der Waals surface area contributed by atoms with E-state index in [0.29, 0.717) is 12.1 Å². The van der Waals surface area contributed by atoms with Gasteiger partial charge in [-0.1, -0.05) is 18.2 Å². The molecule has 0 aliphatic carbocycles. The Labute approximate surface area is 88.7 Å². The Balaban J connectivity index is 2.70. The molecule has 0 aromatic heterocycles. The minimum absolute atomic E-state index is 0.263. The van der Waals surface area contributed by atoms with Gasteiger partial charge in [0.2, 0.25) is 5.91 Å². The number of hydrogen-bond donors (Lipinski definition) is 1. The van der Waals surface area contributed by atoms with E-state index in [0.717, 1.165) is 0 Å². The lowest BCUT2D eigenvalue weighted by Crippen LogP contribution is -2.39. The zero-order valence-corrected chi connectivity index (χ0v) is 8.90. The van der Waals surface area contributed by atoms with Crippen LogP contribution < -0.4 is 5.73 Å². The van der Waals surface area contributed by atoms with E-state index in [1.165, 1.54) is 6.07 Å². The molecule has 0 saturated carbocycles. The smallest absolute Gasteiger partial charge is 0.234 e. The van der Waals surface area contributed by atoms with Crippen molar-refractivity contribution in [1.82, 2.24) is 4.90 Å². The van der Waals surface area contributed by atoms with Gasteiger partial charge in [-0.3, -0.25) is 9.69 Å². The van der Waals surface area contributed by atoms with Crippen LogP contribution in [-0.2, 0) is 11.3 Å². The summed E-state index contributed by atoms with van der Waals surface area (Å²) in [7, 11) is 1.74. The van der Waals surface area contributed by atoms with Crippen LogP contribution in [0.5, 0.6) is 0 Å². The minimum atomic E-state index is -0.408. The lowest BCUT2D eigenvalue weighted by atomic mass is 10.2. The molecular weight excluding hydrogens is 195 g/mol. The normalized spacial score (nSPS) is 12.8. The van der Waals surface area contributed by atoms with Crippen molar-refractivity contribution in [2.75, 3.05) is 7.05 Å². The summed E-state index contributed by atoms with van der Waals surface area (Å²) in [5.74, 6) is -0.671. The fourth-order valence-corrected chi connectivity index (χ4v) is 1.25. The predicted octanol–water partition coefficient (Wildman–Crippen LogP) is 1.13. The lowest BCUT2D eigenvalue weighted by Gasteiger charge is -2.21. The third-order valence-corrected chi connectivity index (χ3v) is 2.45. The fourth-order valence-electron chi connectivity index (χ4n) is 1.25. The van der Waals surface area contributed by atoms with E-state index < -0.39 is 11.9 Å². The highest BCUT2D eigenvalue weighted by atomic mass is 19.1. The number of halogens is 1. The molecule has 1 aromatic carbocycles. The predicted molar refractivity (Wildman–Crippen MR) is 56.5 cm³/mol. The highest BCUT2D eigenvalue weighted by molar-refractivity contribution is 5.79. The molecule has 0 aliphatic rings. The Morgan fingerprint density at radius 1 is 1.53 bits per heavy atom. The average Bonchev–Trinajstić information content (AvgIpc) is 2.20. The second kappa shape index (κ2) is 4.89. The molecule has 0 heterocycles. The highest BCUT2D eigenvalue weighted by Gasteiger charge is 2.15. The first kappa shape index (κ1) is 11.7. The summed E-state index contributed by atoms with van der Waals surface area (Å²) in [6, 6.07) is 6.10. The van der Waals surface area contributed by atoms with Crippen LogP contribution in [0, 0.1) is 5.82 Å². The maximum absolute atomic E-state index is 13.3. The molecule has 1 atom stereocenters.